The van der Waals surface area contributed by atoms with Crippen LogP contribution >= 0.6 is 11.3 Å². The number of pyridine rings is 1. The molecule has 0 fully saturated rings. The molecule has 2 heterocycles. The Balaban J connectivity index is 0.000000829. The molecule has 1 amide bonds. The third-order valence-electron chi connectivity index (χ3n) is 2.02. The predicted octanol–water partition coefficient (Wildman–Crippen LogP) is 4.07. The minimum atomic E-state index is -0.438. The van der Waals surface area contributed by atoms with Crippen LogP contribution in [0.4, 0.5) is 0 Å². The first-order valence-corrected chi connectivity index (χ1v) is 7.42. The molecule has 0 saturated carbocycles. The standard InChI is InChI=1S/C11H7N3OS.2C2H6/c12-7-14-11(15)10-3-9(4-13-5-10)8-1-2-16-6-8;2*1-2/h1-6H,(H,14,15);2*1-2H3. The number of hydrogen-bond acceptors (Lipinski definition) is 4. The van der Waals surface area contributed by atoms with Crippen LogP contribution in [-0.2, 0) is 0 Å². The van der Waals surface area contributed by atoms with Crippen LogP contribution in [0.15, 0.2) is 35.3 Å². The predicted molar refractivity (Wildman–Crippen MR) is 83.3 cm³/mol. The van der Waals surface area contributed by atoms with Crippen molar-refractivity contribution in [2.75, 3.05) is 0 Å². The van der Waals surface area contributed by atoms with Crippen molar-refractivity contribution in [3.8, 4) is 17.3 Å². The van der Waals surface area contributed by atoms with Gasteiger partial charge in [0, 0.05) is 18.0 Å². The molecule has 0 radical (unpaired) electrons. The number of rotatable bonds is 2. The summed E-state index contributed by atoms with van der Waals surface area (Å²) in [6, 6.07) is 3.66. The van der Waals surface area contributed by atoms with E-state index in [1.165, 1.54) is 6.20 Å². The van der Waals surface area contributed by atoms with Gasteiger partial charge in [-0.2, -0.15) is 16.6 Å². The van der Waals surface area contributed by atoms with E-state index in [9.17, 15) is 4.79 Å². The molecule has 0 aliphatic carbocycles. The second-order valence-corrected chi connectivity index (χ2v) is 3.82. The van der Waals surface area contributed by atoms with Crippen LogP contribution in [0, 0.1) is 11.5 Å². The first-order chi connectivity index (χ1) is 9.81. The zero-order valence-electron chi connectivity index (χ0n) is 12.2. The Morgan fingerprint density at radius 1 is 1.25 bits per heavy atom. The molecule has 0 saturated heterocycles. The highest BCUT2D eigenvalue weighted by molar-refractivity contribution is 7.08. The lowest BCUT2D eigenvalue weighted by atomic mass is 10.1. The summed E-state index contributed by atoms with van der Waals surface area (Å²) in [5.41, 5.74) is 2.26. The van der Waals surface area contributed by atoms with Gasteiger partial charge in [0.15, 0.2) is 6.19 Å². The molecule has 20 heavy (non-hydrogen) atoms. The molecule has 0 aromatic carbocycles. The average Bonchev–Trinajstić information content (AvgIpc) is 3.06. The number of nitrogens with zero attached hydrogens (tertiary/aromatic N) is 2. The normalized spacial score (nSPS) is 8.15. The molecule has 5 heteroatoms. The highest BCUT2D eigenvalue weighted by Crippen LogP contribution is 2.21. The summed E-state index contributed by atoms with van der Waals surface area (Å²) in [4.78, 5) is 15.4. The van der Waals surface area contributed by atoms with Crippen LogP contribution in [0.5, 0.6) is 0 Å². The minimum absolute atomic E-state index is 0.380. The molecule has 4 nitrogen and oxygen atoms in total. The maximum Gasteiger partial charge on any atom is 0.265 e. The number of thiophene rings is 1. The molecule has 0 aliphatic rings. The summed E-state index contributed by atoms with van der Waals surface area (Å²) in [6.45, 7) is 8.00. The Morgan fingerprint density at radius 3 is 2.50 bits per heavy atom. The maximum atomic E-state index is 11.4. The van der Waals surface area contributed by atoms with Gasteiger partial charge in [0.1, 0.15) is 0 Å². The molecule has 0 spiro atoms. The van der Waals surface area contributed by atoms with E-state index in [4.69, 9.17) is 5.26 Å². The highest BCUT2D eigenvalue weighted by atomic mass is 32.1. The van der Waals surface area contributed by atoms with Gasteiger partial charge in [-0.05, 0) is 28.5 Å². The van der Waals surface area contributed by atoms with E-state index in [2.05, 4.69) is 10.3 Å². The van der Waals surface area contributed by atoms with Crippen molar-refractivity contribution in [3.05, 3.63) is 40.8 Å². The van der Waals surface area contributed by atoms with Crippen molar-refractivity contribution >= 4 is 17.2 Å². The molecule has 2 rings (SSSR count). The first kappa shape index (κ1) is 17.8. The Hall–Kier alpha value is -2.19. The summed E-state index contributed by atoms with van der Waals surface area (Å²) < 4.78 is 0. The fourth-order valence-corrected chi connectivity index (χ4v) is 1.94. The van der Waals surface area contributed by atoms with Crippen molar-refractivity contribution in [1.29, 1.82) is 5.26 Å². The van der Waals surface area contributed by atoms with Crippen LogP contribution in [-0.4, -0.2) is 10.9 Å². The van der Waals surface area contributed by atoms with Crippen molar-refractivity contribution in [2.24, 2.45) is 0 Å². The zero-order valence-corrected chi connectivity index (χ0v) is 13.0. The number of carbonyl (C=O) groups is 1. The molecular weight excluding hydrogens is 270 g/mol. The Kier molecular flexibility index (Phi) is 9.53. The second kappa shape index (κ2) is 10.7. The molecule has 0 aliphatic heterocycles. The lowest BCUT2D eigenvalue weighted by Gasteiger charge is -2.00. The van der Waals surface area contributed by atoms with E-state index >= 15 is 0 Å². The van der Waals surface area contributed by atoms with Gasteiger partial charge >= 0.3 is 0 Å². The van der Waals surface area contributed by atoms with Gasteiger partial charge in [0.05, 0.1) is 5.56 Å². The molecule has 2 aromatic heterocycles. The number of hydrogen-bond donors (Lipinski definition) is 1. The maximum absolute atomic E-state index is 11.4. The van der Waals surface area contributed by atoms with Gasteiger partial charge in [-0.15, -0.1) is 0 Å². The Morgan fingerprint density at radius 2 is 1.95 bits per heavy atom. The van der Waals surface area contributed by atoms with Gasteiger partial charge in [-0.1, -0.05) is 27.7 Å². The fourth-order valence-electron chi connectivity index (χ4n) is 1.27. The topological polar surface area (TPSA) is 65.8 Å². The molecule has 0 bridgehead atoms. The van der Waals surface area contributed by atoms with Crippen LogP contribution in [0.25, 0.3) is 11.1 Å². The van der Waals surface area contributed by atoms with E-state index in [0.717, 1.165) is 11.1 Å². The first-order valence-electron chi connectivity index (χ1n) is 6.48. The van der Waals surface area contributed by atoms with E-state index in [1.807, 2.05) is 44.5 Å². The van der Waals surface area contributed by atoms with Gasteiger partial charge in [-0.3, -0.25) is 15.1 Å². The van der Waals surface area contributed by atoms with Gasteiger partial charge < -0.3 is 0 Å². The van der Waals surface area contributed by atoms with Crippen molar-refractivity contribution in [1.82, 2.24) is 10.3 Å². The number of carbonyl (C=O) groups excluding carboxylic acids is 1. The lowest BCUT2D eigenvalue weighted by Crippen LogP contribution is -2.17. The number of aromatic nitrogens is 1. The number of nitriles is 1. The highest BCUT2D eigenvalue weighted by Gasteiger charge is 2.07. The van der Waals surface area contributed by atoms with Crippen molar-refractivity contribution in [3.63, 3.8) is 0 Å². The van der Waals surface area contributed by atoms with E-state index < -0.39 is 5.91 Å². The van der Waals surface area contributed by atoms with Crippen LogP contribution < -0.4 is 5.32 Å². The summed E-state index contributed by atoms with van der Waals surface area (Å²) in [5, 5.41) is 14.3. The van der Waals surface area contributed by atoms with Crippen molar-refractivity contribution < 1.29 is 4.79 Å². The van der Waals surface area contributed by atoms with Crippen LogP contribution in [0.2, 0.25) is 0 Å². The molecule has 0 unspecified atom stereocenters. The summed E-state index contributed by atoms with van der Waals surface area (Å²) >= 11 is 1.58. The second-order valence-electron chi connectivity index (χ2n) is 3.04. The third-order valence-corrected chi connectivity index (χ3v) is 2.71. The SMILES string of the molecule is CC.CC.N#CNC(=O)c1cncc(-c2ccsc2)c1. The number of nitrogens with one attached hydrogen (secondary N) is 1. The smallest absolute Gasteiger partial charge is 0.265 e. The summed E-state index contributed by atoms with van der Waals surface area (Å²) in [6.07, 6.45) is 4.71. The van der Waals surface area contributed by atoms with Gasteiger partial charge in [0.25, 0.3) is 5.91 Å². The fraction of sp³-hybridized carbons (Fsp3) is 0.267. The molecule has 1 N–H and O–H groups in total. The molecular formula is C15H19N3OS. The molecule has 0 atom stereocenters. The zero-order chi connectivity index (χ0) is 15.4. The molecule has 2 aromatic rings. The van der Waals surface area contributed by atoms with E-state index in [-0.39, 0.29) is 0 Å². The van der Waals surface area contributed by atoms with Gasteiger partial charge in [-0.25, -0.2) is 0 Å². The van der Waals surface area contributed by atoms with E-state index in [0.29, 0.717) is 5.56 Å². The number of amides is 1. The third kappa shape index (κ3) is 5.21. The lowest BCUT2D eigenvalue weighted by molar-refractivity contribution is 0.0972. The average molecular weight is 289 g/mol. The summed E-state index contributed by atoms with van der Waals surface area (Å²) in [7, 11) is 0. The Bertz CT molecular complexity index is 544. The largest absolute Gasteiger partial charge is 0.268 e. The van der Waals surface area contributed by atoms with Gasteiger partial charge in [0.2, 0.25) is 0 Å². The minimum Gasteiger partial charge on any atom is -0.268 e. The Labute approximate surface area is 124 Å². The monoisotopic (exact) mass is 289 g/mol. The molecule has 106 valence electrons. The summed E-state index contributed by atoms with van der Waals surface area (Å²) in [5.74, 6) is -0.438. The van der Waals surface area contributed by atoms with E-state index in [1.54, 1.807) is 29.8 Å². The van der Waals surface area contributed by atoms with Crippen LogP contribution in [0.1, 0.15) is 38.1 Å². The van der Waals surface area contributed by atoms with Crippen LogP contribution in [0.3, 0.4) is 0 Å². The quantitative estimate of drug-likeness (QED) is 0.669. The van der Waals surface area contributed by atoms with Crippen molar-refractivity contribution in [2.45, 2.75) is 27.7 Å².